The average molecular weight is 1160 g/mol. The standard InChI is InChI=1S/C59H85N9O13S/c1-39(2)35-47(57(73)67-53(40(3)4)58(74)65-48(36-42-19-11-9-12-20-42)56(72)66-49(59(75)78-8)37-43-21-13-10-14-22-43)64-55(71)46(25-15-16-28-60)63-54(70)41(5)62-52(69)38-81-34-33-80-32-31-79-30-29-61-82(76,77)51-27-18-23-44-45(51)24-17-26-50(44)68(6)7/h9-14,17-24,26-27,39-41,46-49,53,61H,15-16,25,28-38,60H2,1-8H3,(H,62,69)(H,63,70)(H,64,71)(H,65,74)(H,66,72)(H,67,73)/t41-,46-,47-,48-,49-,53-/m0/s1. The number of rotatable bonds is 37. The van der Waals surface area contributed by atoms with Gasteiger partial charge in [0.1, 0.15) is 42.9 Å². The van der Waals surface area contributed by atoms with Crippen LogP contribution in [-0.2, 0) is 75.4 Å². The van der Waals surface area contributed by atoms with Crippen molar-refractivity contribution in [1.82, 2.24) is 36.6 Å². The molecule has 0 bridgehead atoms. The quantitative estimate of drug-likeness (QED) is 0.0238. The Morgan fingerprint density at radius 2 is 1.10 bits per heavy atom. The highest BCUT2D eigenvalue weighted by atomic mass is 32.2. The molecule has 4 aromatic carbocycles. The van der Waals surface area contributed by atoms with Crippen LogP contribution in [0.25, 0.3) is 10.8 Å². The van der Waals surface area contributed by atoms with E-state index >= 15 is 0 Å². The smallest absolute Gasteiger partial charge is 0.328 e. The summed E-state index contributed by atoms with van der Waals surface area (Å²) >= 11 is 0. The molecule has 9 N–H and O–H groups in total. The molecule has 4 aromatic rings. The number of methoxy groups -OCH3 is 1. The van der Waals surface area contributed by atoms with Gasteiger partial charge in [-0.1, -0.05) is 113 Å². The number of unbranched alkanes of at least 4 members (excludes halogenated alkanes) is 1. The maximum Gasteiger partial charge on any atom is 0.328 e. The first-order valence-corrected chi connectivity index (χ1v) is 29.2. The number of carbonyl (C=O) groups excluding carboxylic acids is 7. The van der Waals surface area contributed by atoms with Crippen molar-refractivity contribution >= 4 is 67.9 Å². The molecule has 0 fully saturated rings. The molecule has 0 aliphatic carbocycles. The van der Waals surface area contributed by atoms with E-state index in [4.69, 9.17) is 24.7 Å². The van der Waals surface area contributed by atoms with Crippen molar-refractivity contribution in [3.05, 3.63) is 108 Å². The zero-order chi connectivity index (χ0) is 60.2. The highest BCUT2D eigenvalue weighted by Crippen LogP contribution is 2.30. The highest BCUT2D eigenvalue weighted by Gasteiger charge is 2.35. The van der Waals surface area contributed by atoms with Crippen LogP contribution in [0.4, 0.5) is 5.69 Å². The fraction of sp³-hybridized carbons (Fsp3) is 0.508. The minimum atomic E-state index is -3.81. The summed E-state index contributed by atoms with van der Waals surface area (Å²) in [5.41, 5.74) is 8.15. The lowest BCUT2D eigenvalue weighted by Crippen LogP contribution is -2.60. The minimum Gasteiger partial charge on any atom is -0.467 e. The van der Waals surface area contributed by atoms with E-state index in [1.165, 1.54) is 14.0 Å². The van der Waals surface area contributed by atoms with Crippen LogP contribution in [0.15, 0.2) is 102 Å². The first kappa shape index (κ1) is 67.5. The van der Waals surface area contributed by atoms with Crippen molar-refractivity contribution in [1.29, 1.82) is 0 Å². The third kappa shape index (κ3) is 22.7. The lowest BCUT2D eigenvalue weighted by Gasteiger charge is -2.29. The summed E-state index contributed by atoms with van der Waals surface area (Å²) in [6.45, 7) is 9.24. The van der Waals surface area contributed by atoms with E-state index in [1.807, 2.05) is 87.4 Å². The summed E-state index contributed by atoms with van der Waals surface area (Å²) in [6, 6.07) is 21.9. The minimum absolute atomic E-state index is 0.0474. The molecule has 0 saturated carbocycles. The number of sulfonamides is 1. The Morgan fingerprint density at radius 3 is 1.70 bits per heavy atom. The van der Waals surface area contributed by atoms with Crippen molar-refractivity contribution in [3.63, 3.8) is 0 Å². The Hall–Kier alpha value is -7.02. The van der Waals surface area contributed by atoms with E-state index in [9.17, 15) is 42.0 Å². The van der Waals surface area contributed by atoms with Gasteiger partial charge in [-0.2, -0.15) is 0 Å². The molecule has 23 heteroatoms. The molecule has 0 heterocycles. The van der Waals surface area contributed by atoms with Crippen LogP contribution in [0, 0.1) is 11.8 Å². The van der Waals surface area contributed by atoms with Gasteiger partial charge in [0.05, 0.1) is 45.0 Å². The molecule has 22 nitrogen and oxygen atoms in total. The molecule has 450 valence electrons. The van der Waals surface area contributed by atoms with Crippen LogP contribution >= 0.6 is 0 Å². The molecule has 82 heavy (non-hydrogen) atoms. The Bertz CT molecular complexity index is 2790. The van der Waals surface area contributed by atoms with Crippen molar-refractivity contribution in [2.75, 3.05) is 78.8 Å². The summed E-state index contributed by atoms with van der Waals surface area (Å²) in [5, 5.41) is 17.8. The van der Waals surface area contributed by atoms with Crippen LogP contribution in [0.2, 0.25) is 0 Å². The highest BCUT2D eigenvalue weighted by molar-refractivity contribution is 7.89. The SMILES string of the molecule is COC(=O)[C@H](Cc1ccccc1)NC(=O)[C@H](Cc1ccccc1)NC(=O)[C@@H](NC(=O)[C@H](CC(C)C)NC(=O)[C@H](CCCCN)NC(=O)[C@H](C)NC(=O)COCCOCCOCCNS(=O)(=O)c1cccc2c(N(C)C)cccc12)C(C)C. The topological polar surface area (TPSA) is 304 Å². The molecule has 4 rings (SSSR count). The normalized spacial score (nSPS) is 13.7. The number of ether oxygens (including phenoxy) is 4. The third-order valence-electron chi connectivity index (χ3n) is 13.1. The second-order valence-electron chi connectivity index (χ2n) is 20.8. The van der Waals surface area contributed by atoms with E-state index in [0.717, 1.165) is 22.2 Å². The molecule has 0 aliphatic rings. The van der Waals surface area contributed by atoms with Crippen molar-refractivity contribution in [2.45, 2.75) is 114 Å². The molecule has 0 aromatic heterocycles. The number of esters is 1. The molecular formula is C59H85N9O13S. The zero-order valence-electron chi connectivity index (χ0n) is 48.5. The molecule has 0 unspecified atom stereocenters. The summed E-state index contributed by atoms with van der Waals surface area (Å²) in [7, 11) is 1.20. The summed E-state index contributed by atoms with van der Waals surface area (Å²) in [5.74, 6) is -5.21. The van der Waals surface area contributed by atoms with Crippen LogP contribution in [0.1, 0.15) is 71.4 Å². The molecule has 6 amide bonds. The van der Waals surface area contributed by atoms with Gasteiger partial charge in [0, 0.05) is 49.9 Å². The van der Waals surface area contributed by atoms with Crippen molar-refractivity contribution in [3.8, 4) is 0 Å². The molecular weight excluding hydrogens is 1070 g/mol. The van der Waals surface area contributed by atoms with Gasteiger partial charge in [0.2, 0.25) is 45.5 Å². The summed E-state index contributed by atoms with van der Waals surface area (Å²) in [4.78, 5) is 97.8. The number of amides is 6. The van der Waals surface area contributed by atoms with Gasteiger partial charge < -0.3 is 61.5 Å². The molecule has 0 radical (unpaired) electrons. The lowest BCUT2D eigenvalue weighted by atomic mass is 9.98. The first-order valence-electron chi connectivity index (χ1n) is 27.7. The van der Waals surface area contributed by atoms with Gasteiger partial charge in [-0.05, 0) is 74.2 Å². The summed E-state index contributed by atoms with van der Waals surface area (Å²) in [6.07, 6.45) is 1.49. The molecule has 6 atom stereocenters. The second kappa shape index (κ2) is 35.1. The number of hydrogen-bond acceptors (Lipinski definition) is 15. The largest absolute Gasteiger partial charge is 0.467 e. The Kier molecular flexibility index (Phi) is 28.9. The average Bonchev–Trinajstić information content (AvgIpc) is 3.65. The van der Waals surface area contributed by atoms with Crippen molar-refractivity contribution < 1.29 is 60.9 Å². The van der Waals surface area contributed by atoms with E-state index in [-0.39, 0.29) is 76.1 Å². The maximum absolute atomic E-state index is 14.2. The zero-order valence-corrected chi connectivity index (χ0v) is 49.3. The monoisotopic (exact) mass is 1160 g/mol. The van der Waals surface area contributed by atoms with Crippen LogP contribution in [0.5, 0.6) is 0 Å². The number of carbonyl (C=O) groups is 7. The van der Waals surface area contributed by atoms with Gasteiger partial charge >= 0.3 is 5.97 Å². The van der Waals surface area contributed by atoms with Crippen LogP contribution < -0.4 is 47.3 Å². The van der Waals surface area contributed by atoms with E-state index in [1.54, 1.807) is 56.3 Å². The Labute approximate surface area is 482 Å². The van der Waals surface area contributed by atoms with E-state index in [2.05, 4.69) is 36.6 Å². The van der Waals surface area contributed by atoms with Gasteiger partial charge in [-0.25, -0.2) is 17.9 Å². The van der Waals surface area contributed by atoms with Gasteiger partial charge in [-0.3, -0.25) is 28.8 Å². The van der Waals surface area contributed by atoms with E-state index in [0.29, 0.717) is 24.8 Å². The summed E-state index contributed by atoms with van der Waals surface area (Å²) < 4.78 is 50.4. The maximum atomic E-state index is 14.2. The molecule has 0 saturated heterocycles. The lowest BCUT2D eigenvalue weighted by molar-refractivity contribution is -0.145. The van der Waals surface area contributed by atoms with Crippen LogP contribution in [0.3, 0.4) is 0 Å². The van der Waals surface area contributed by atoms with Gasteiger partial charge in [-0.15, -0.1) is 0 Å². The van der Waals surface area contributed by atoms with Gasteiger partial charge in [0.25, 0.3) is 0 Å². The molecule has 0 aliphatic heterocycles. The molecule has 0 spiro atoms. The fourth-order valence-corrected chi connectivity index (χ4v) is 10.0. The third-order valence-corrected chi connectivity index (χ3v) is 14.6. The van der Waals surface area contributed by atoms with E-state index < -0.39 is 100 Å². The Balaban J connectivity index is 1.26. The predicted octanol–water partition coefficient (Wildman–Crippen LogP) is 2.65. The number of hydrogen-bond donors (Lipinski definition) is 8. The number of nitrogens with zero attached hydrogens (tertiary/aromatic N) is 1. The second-order valence-corrected chi connectivity index (χ2v) is 22.5. The number of benzene rings is 4. The van der Waals surface area contributed by atoms with Crippen LogP contribution in [-0.4, -0.2) is 160 Å². The number of nitrogens with two attached hydrogens (primary N) is 1. The number of fused-ring (bicyclic) bond motifs is 1. The van der Waals surface area contributed by atoms with Crippen molar-refractivity contribution in [2.24, 2.45) is 17.6 Å². The predicted molar refractivity (Wildman–Crippen MR) is 313 cm³/mol. The number of nitrogens with one attached hydrogen (secondary N) is 7. The fourth-order valence-electron chi connectivity index (χ4n) is 8.77. The first-order chi connectivity index (χ1) is 39.1. The van der Waals surface area contributed by atoms with Gasteiger partial charge in [0.15, 0.2) is 0 Å². The Morgan fingerprint density at radius 1 is 0.561 bits per heavy atom. The number of anilines is 1.